The number of aromatic amines is 1. The number of rotatable bonds is 2. The van der Waals surface area contributed by atoms with Gasteiger partial charge in [0.2, 0.25) is 4.74 Å². The topological polar surface area (TPSA) is 84.1 Å². The number of carbonyl (C=O) groups is 2. The molecule has 68 valence electrons. The zero-order valence-corrected chi connectivity index (χ0v) is 7.44. The second-order valence-electron chi connectivity index (χ2n) is 2.26. The Labute approximate surface area is 76.0 Å². The molecule has 5 nitrogen and oxygen atoms in total. The average Bonchev–Trinajstić information content (AvgIpc) is 2.01. The quantitative estimate of drug-likeness (QED) is 0.528. The first-order valence-corrected chi connectivity index (χ1v) is 4.11. The third-order valence-electron chi connectivity index (χ3n) is 1.37. The van der Waals surface area contributed by atoms with Crippen LogP contribution >= 0.6 is 11.3 Å². The van der Waals surface area contributed by atoms with Crippen molar-refractivity contribution < 1.29 is 9.59 Å². The third kappa shape index (κ3) is 1.78. The van der Waals surface area contributed by atoms with Gasteiger partial charge in [0.25, 0.3) is 0 Å². The molecule has 0 amide bonds. The van der Waals surface area contributed by atoms with E-state index in [9.17, 15) is 19.2 Å². The van der Waals surface area contributed by atoms with Gasteiger partial charge >= 0.3 is 4.87 Å². The Kier molecular flexibility index (Phi) is 2.52. The Morgan fingerprint density at radius 1 is 1.46 bits per heavy atom. The molecule has 0 spiro atoms. The number of carbonyl (C=O) groups excluding carboxylic acids is 2. The van der Waals surface area contributed by atoms with Gasteiger partial charge in [0, 0.05) is 0 Å². The van der Waals surface area contributed by atoms with E-state index in [1.54, 1.807) is 0 Å². The van der Waals surface area contributed by atoms with Gasteiger partial charge in [-0.2, -0.15) is 0 Å². The molecule has 6 heteroatoms. The van der Waals surface area contributed by atoms with E-state index in [0.717, 1.165) is 6.92 Å². The molecule has 1 heterocycles. The Morgan fingerprint density at radius 2 is 2.08 bits per heavy atom. The monoisotopic (exact) mass is 199 g/mol. The molecule has 0 fully saturated rings. The van der Waals surface area contributed by atoms with Crippen LogP contribution in [0.15, 0.2) is 9.59 Å². The fourth-order valence-electron chi connectivity index (χ4n) is 0.865. The molecule has 0 atom stereocenters. The molecule has 1 N–H and O–H groups in total. The summed E-state index contributed by atoms with van der Waals surface area (Å²) in [6, 6.07) is 0. The first-order chi connectivity index (χ1) is 6.06. The standard InChI is InChI=1S/C7H5NO4S/c1-3(10)5-4(2-9)8-7(12)13-6(5)11/h2H,1H3,(H,8,12). The van der Waals surface area contributed by atoms with E-state index >= 15 is 0 Å². The zero-order chi connectivity index (χ0) is 10.0. The van der Waals surface area contributed by atoms with Gasteiger partial charge in [0.05, 0.1) is 5.69 Å². The van der Waals surface area contributed by atoms with Gasteiger partial charge in [0.15, 0.2) is 12.1 Å². The Hall–Kier alpha value is -1.56. The predicted octanol–water partition coefficient (Wildman–Crippen LogP) is -0.188. The van der Waals surface area contributed by atoms with E-state index < -0.39 is 15.4 Å². The second-order valence-corrected chi connectivity index (χ2v) is 3.21. The first-order valence-electron chi connectivity index (χ1n) is 3.29. The molecule has 0 aliphatic heterocycles. The summed E-state index contributed by atoms with van der Waals surface area (Å²) in [7, 11) is 0. The Morgan fingerprint density at radius 3 is 2.54 bits per heavy atom. The van der Waals surface area contributed by atoms with Gasteiger partial charge in [-0.15, -0.1) is 0 Å². The molecule has 1 aromatic rings. The van der Waals surface area contributed by atoms with E-state index in [1.165, 1.54) is 0 Å². The average molecular weight is 199 g/mol. The zero-order valence-electron chi connectivity index (χ0n) is 6.62. The van der Waals surface area contributed by atoms with Crippen molar-refractivity contribution in [1.82, 2.24) is 4.98 Å². The van der Waals surface area contributed by atoms with E-state index in [2.05, 4.69) is 4.98 Å². The molecular formula is C7H5NO4S. The molecule has 0 aliphatic rings. The normalized spacial score (nSPS) is 9.62. The van der Waals surface area contributed by atoms with Crippen molar-refractivity contribution in [3.8, 4) is 0 Å². The lowest BCUT2D eigenvalue weighted by Gasteiger charge is -1.95. The number of nitrogens with one attached hydrogen (secondary N) is 1. The lowest BCUT2D eigenvalue weighted by molar-refractivity contribution is 0.100. The van der Waals surface area contributed by atoms with Crippen molar-refractivity contribution in [2.24, 2.45) is 0 Å². The molecule has 0 radical (unpaired) electrons. The minimum atomic E-state index is -0.682. The lowest BCUT2D eigenvalue weighted by Crippen LogP contribution is -2.20. The molecule has 0 saturated heterocycles. The Bertz CT molecular complexity index is 470. The van der Waals surface area contributed by atoms with E-state index in [0.29, 0.717) is 11.3 Å². The molecule has 1 rings (SSSR count). The van der Waals surface area contributed by atoms with Crippen LogP contribution in [0.25, 0.3) is 0 Å². The summed E-state index contributed by atoms with van der Waals surface area (Å²) in [5, 5.41) is 0. The summed E-state index contributed by atoms with van der Waals surface area (Å²) in [5.41, 5.74) is -0.499. The molecule has 0 aliphatic carbocycles. The van der Waals surface area contributed by atoms with E-state index in [-0.39, 0.29) is 17.5 Å². The van der Waals surface area contributed by atoms with Gasteiger partial charge in [0.1, 0.15) is 5.56 Å². The highest BCUT2D eigenvalue weighted by Gasteiger charge is 2.12. The largest absolute Gasteiger partial charge is 0.310 e. The highest BCUT2D eigenvalue weighted by atomic mass is 32.1. The number of H-pyrrole nitrogens is 1. The lowest BCUT2D eigenvalue weighted by atomic mass is 10.2. The number of hydrogen-bond acceptors (Lipinski definition) is 5. The highest BCUT2D eigenvalue weighted by molar-refractivity contribution is 7.06. The highest BCUT2D eigenvalue weighted by Crippen LogP contribution is 1.96. The van der Waals surface area contributed by atoms with Crippen LogP contribution in [0.2, 0.25) is 0 Å². The minimum Gasteiger partial charge on any atom is -0.310 e. The van der Waals surface area contributed by atoms with Crippen LogP contribution in [-0.2, 0) is 0 Å². The van der Waals surface area contributed by atoms with Gasteiger partial charge in [-0.05, 0) is 18.3 Å². The molecule has 0 aromatic carbocycles. The van der Waals surface area contributed by atoms with Crippen molar-refractivity contribution in [2.45, 2.75) is 6.92 Å². The van der Waals surface area contributed by atoms with Crippen molar-refractivity contribution in [2.75, 3.05) is 0 Å². The fourth-order valence-corrected chi connectivity index (χ4v) is 1.55. The van der Waals surface area contributed by atoms with Crippen molar-refractivity contribution in [3.05, 3.63) is 30.5 Å². The van der Waals surface area contributed by atoms with Crippen LogP contribution in [0.3, 0.4) is 0 Å². The molecule has 0 unspecified atom stereocenters. The van der Waals surface area contributed by atoms with Crippen molar-refractivity contribution in [1.29, 1.82) is 0 Å². The SMILES string of the molecule is CC(=O)c1c(C=O)[nH]c(=O)sc1=O. The predicted molar refractivity (Wildman–Crippen MR) is 46.6 cm³/mol. The first kappa shape index (κ1) is 9.53. The summed E-state index contributed by atoms with van der Waals surface area (Å²) < 4.78 is -0.682. The summed E-state index contributed by atoms with van der Waals surface area (Å²) in [6.45, 7) is 1.16. The summed E-state index contributed by atoms with van der Waals surface area (Å²) in [6.07, 6.45) is 0.284. The summed E-state index contributed by atoms with van der Waals surface area (Å²) in [5.74, 6) is -0.528. The van der Waals surface area contributed by atoms with Crippen molar-refractivity contribution >= 4 is 23.4 Å². The molecule has 0 saturated carbocycles. The third-order valence-corrected chi connectivity index (χ3v) is 2.04. The summed E-state index contributed by atoms with van der Waals surface area (Å²) in [4.78, 5) is 44.6. The van der Waals surface area contributed by atoms with Gasteiger partial charge in [-0.25, -0.2) is 0 Å². The van der Waals surface area contributed by atoms with Crippen LogP contribution in [0, 0.1) is 0 Å². The maximum absolute atomic E-state index is 11.1. The van der Waals surface area contributed by atoms with Crippen LogP contribution in [0.4, 0.5) is 0 Å². The number of aldehydes is 1. The van der Waals surface area contributed by atoms with Gasteiger partial charge in [-0.1, -0.05) is 0 Å². The Balaban J connectivity index is 3.67. The number of aromatic nitrogens is 1. The molecule has 0 bridgehead atoms. The van der Waals surface area contributed by atoms with Crippen LogP contribution in [0.5, 0.6) is 0 Å². The van der Waals surface area contributed by atoms with Gasteiger partial charge < -0.3 is 4.98 Å². The van der Waals surface area contributed by atoms with Gasteiger partial charge in [-0.3, -0.25) is 19.2 Å². The van der Waals surface area contributed by atoms with Crippen LogP contribution in [0.1, 0.15) is 27.8 Å². The van der Waals surface area contributed by atoms with Crippen LogP contribution in [-0.4, -0.2) is 17.1 Å². The maximum Gasteiger partial charge on any atom is 0.308 e. The number of Topliss-reactive ketones (excluding diaryl/α,β-unsaturated/α-hetero) is 1. The number of ketones is 1. The molecule has 13 heavy (non-hydrogen) atoms. The maximum atomic E-state index is 11.1. The number of hydrogen-bond donors (Lipinski definition) is 1. The minimum absolute atomic E-state index is 0.249. The van der Waals surface area contributed by atoms with Crippen LogP contribution < -0.4 is 9.62 Å². The second kappa shape index (κ2) is 3.44. The molecular weight excluding hydrogens is 194 g/mol. The van der Waals surface area contributed by atoms with Crippen molar-refractivity contribution in [3.63, 3.8) is 0 Å². The summed E-state index contributed by atoms with van der Waals surface area (Å²) >= 11 is 0.370. The molecule has 1 aromatic heterocycles. The fraction of sp³-hybridized carbons (Fsp3) is 0.143. The van der Waals surface area contributed by atoms with E-state index in [1.807, 2.05) is 0 Å². The smallest absolute Gasteiger partial charge is 0.308 e. The van der Waals surface area contributed by atoms with E-state index in [4.69, 9.17) is 0 Å².